The molecule has 18 heavy (non-hydrogen) atoms. The Kier molecular flexibility index (Phi) is 8.18. The van der Waals surface area contributed by atoms with Gasteiger partial charge in [0.05, 0.1) is 0 Å². The van der Waals surface area contributed by atoms with Crippen LogP contribution in [0.15, 0.2) is 12.2 Å². The number of carbonyl (C=O) groups excluding carboxylic acids is 1. The molecule has 0 saturated heterocycles. The van der Waals surface area contributed by atoms with E-state index in [1.165, 1.54) is 6.92 Å². The zero-order chi connectivity index (χ0) is 13.6. The fraction of sp³-hybridized carbons (Fsp3) is 0.0625. The quantitative estimate of drug-likeness (QED) is 0.377. The van der Waals surface area contributed by atoms with Gasteiger partial charge in [0.2, 0.25) is 0 Å². The highest BCUT2D eigenvalue weighted by molar-refractivity contribution is 5.87. The highest BCUT2D eigenvalue weighted by Gasteiger charge is 1.98. The maximum atomic E-state index is 10.9. The Bertz CT molecular complexity index is 688. The van der Waals surface area contributed by atoms with Gasteiger partial charge in [-0.3, -0.25) is 0 Å². The van der Waals surface area contributed by atoms with Crippen molar-refractivity contribution in [1.29, 1.82) is 0 Å². The molecule has 0 unspecified atom stereocenters. The molecule has 2 heteroatoms. The molecule has 82 valence electrons. The molecule has 0 aromatic carbocycles. The van der Waals surface area contributed by atoms with Crippen LogP contribution in [0.25, 0.3) is 0 Å². The summed E-state index contributed by atoms with van der Waals surface area (Å²) in [5, 5.41) is 0. The zero-order valence-electron chi connectivity index (χ0n) is 9.60. The Morgan fingerprint density at radius 3 is 1.83 bits per heavy atom. The number of ether oxygens (including phenoxy) is 1. The Hall–Kier alpha value is -3.43. The van der Waals surface area contributed by atoms with Gasteiger partial charge in [-0.15, -0.1) is 6.42 Å². The van der Waals surface area contributed by atoms with Crippen LogP contribution in [0.4, 0.5) is 0 Å². The third kappa shape index (κ3) is 9.14. The minimum absolute atomic E-state index is 0.264. The van der Waals surface area contributed by atoms with E-state index in [2.05, 4.69) is 76.6 Å². The van der Waals surface area contributed by atoms with Crippen molar-refractivity contribution < 1.29 is 9.53 Å². The van der Waals surface area contributed by atoms with Crippen LogP contribution in [0.1, 0.15) is 6.92 Å². The van der Waals surface area contributed by atoms with Crippen molar-refractivity contribution in [3.63, 3.8) is 0 Å². The summed E-state index contributed by atoms with van der Waals surface area (Å²) in [4.78, 5) is 10.9. The van der Waals surface area contributed by atoms with E-state index in [0.717, 1.165) is 0 Å². The van der Waals surface area contributed by atoms with Crippen molar-refractivity contribution in [1.82, 2.24) is 0 Å². The van der Waals surface area contributed by atoms with Gasteiger partial charge in [-0.25, -0.2) is 4.79 Å². The molecule has 0 rings (SSSR count). The average molecular weight is 230 g/mol. The summed E-state index contributed by atoms with van der Waals surface area (Å²) in [7, 11) is 0. The summed E-state index contributed by atoms with van der Waals surface area (Å²) in [6.07, 6.45) is 6.97. The zero-order valence-corrected chi connectivity index (χ0v) is 9.60. The van der Waals surface area contributed by atoms with Crippen LogP contribution in [0.2, 0.25) is 0 Å². The van der Waals surface area contributed by atoms with E-state index >= 15 is 0 Å². The van der Waals surface area contributed by atoms with Gasteiger partial charge < -0.3 is 4.74 Å². The van der Waals surface area contributed by atoms with Gasteiger partial charge >= 0.3 is 5.97 Å². The summed E-state index contributed by atoms with van der Waals surface area (Å²) in [5.74, 6) is 22.9. The second-order valence-corrected chi connectivity index (χ2v) is 2.54. The predicted molar refractivity (Wildman–Crippen MR) is 68.6 cm³/mol. The third-order valence-corrected chi connectivity index (χ3v) is 1.12. The molecular weight excluding hydrogens is 224 g/mol. The third-order valence-electron chi connectivity index (χ3n) is 1.12. The van der Waals surface area contributed by atoms with E-state index in [4.69, 9.17) is 6.42 Å². The second kappa shape index (κ2) is 10.1. The van der Waals surface area contributed by atoms with Gasteiger partial charge in [-0.1, -0.05) is 6.58 Å². The molecule has 0 heterocycles. The highest BCUT2D eigenvalue weighted by Crippen LogP contribution is 1.89. The fourth-order valence-electron chi connectivity index (χ4n) is 0.439. The van der Waals surface area contributed by atoms with E-state index in [1.807, 2.05) is 0 Å². The molecule has 0 radical (unpaired) electrons. The van der Waals surface area contributed by atoms with E-state index in [9.17, 15) is 4.79 Å². The molecule has 0 amide bonds. The lowest BCUT2D eigenvalue weighted by atomic mass is 10.4. The van der Waals surface area contributed by atoms with E-state index in [-0.39, 0.29) is 5.57 Å². The Morgan fingerprint density at radius 2 is 1.39 bits per heavy atom. The maximum Gasteiger partial charge on any atom is 0.347 e. The van der Waals surface area contributed by atoms with E-state index in [0.29, 0.717) is 0 Å². The molecule has 0 N–H and O–H groups in total. The van der Waals surface area contributed by atoms with Crippen LogP contribution in [-0.4, -0.2) is 5.97 Å². The number of rotatable bonds is 1. The number of hydrogen-bond donors (Lipinski definition) is 0. The normalized spacial score (nSPS) is 5.33. The van der Waals surface area contributed by atoms with Gasteiger partial charge in [0.25, 0.3) is 0 Å². The van der Waals surface area contributed by atoms with Crippen LogP contribution in [0, 0.1) is 71.7 Å². The molecule has 0 bridgehead atoms. The molecule has 0 atom stereocenters. The minimum atomic E-state index is -0.590. The SMILES string of the molecule is C#CC#CC#CC#CC#CC#COC(=O)C(=C)C. The topological polar surface area (TPSA) is 26.3 Å². The number of esters is 1. The lowest BCUT2D eigenvalue weighted by Gasteiger charge is -1.89. The van der Waals surface area contributed by atoms with Crippen LogP contribution in [0.5, 0.6) is 0 Å². The van der Waals surface area contributed by atoms with Crippen LogP contribution in [-0.2, 0) is 9.53 Å². The molecule has 0 fully saturated rings. The lowest BCUT2D eigenvalue weighted by Crippen LogP contribution is -1.99. The summed E-state index contributed by atoms with van der Waals surface area (Å²) < 4.78 is 4.46. The first-order valence-corrected chi connectivity index (χ1v) is 4.50. The van der Waals surface area contributed by atoms with Crippen molar-refractivity contribution in [3.05, 3.63) is 12.2 Å². The monoisotopic (exact) mass is 230 g/mol. The first-order chi connectivity index (χ1) is 8.68. The van der Waals surface area contributed by atoms with E-state index in [1.54, 1.807) is 0 Å². The first-order valence-electron chi connectivity index (χ1n) is 4.50. The molecule has 0 saturated carbocycles. The number of carbonyl (C=O) groups is 1. The number of hydrogen-bond acceptors (Lipinski definition) is 2. The lowest BCUT2D eigenvalue weighted by molar-refractivity contribution is -0.132. The molecule has 0 aliphatic rings. The van der Waals surface area contributed by atoms with Gasteiger partial charge in [0.15, 0.2) is 0 Å². The van der Waals surface area contributed by atoms with Crippen molar-refractivity contribution >= 4 is 5.97 Å². The minimum Gasteiger partial charge on any atom is -0.368 e. The molecular formula is C16H6O2. The molecule has 0 aliphatic heterocycles. The molecule has 2 nitrogen and oxygen atoms in total. The van der Waals surface area contributed by atoms with Crippen molar-refractivity contribution in [3.8, 4) is 71.7 Å². The van der Waals surface area contributed by atoms with Crippen molar-refractivity contribution in [2.75, 3.05) is 0 Å². The fourth-order valence-corrected chi connectivity index (χ4v) is 0.439. The molecule has 0 aromatic heterocycles. The molecule has 0 aliphatic carbocycles. The standard InChI is InChI=1S/C16H6O2/c1-4-5-6-7-8-9-10-11-12-13-14-18-16(17)15(2)3/h1H,2H2,3H3. The largest absolute Gasteiger partial charge is 0.368 e. The number of terminal acetylenes is 1. The summed E-state index contributed by atoms with van der Waals surface area (Å²) in [6.45, 7) is 4.90. The van der Waals surface area contributed by atoms with Gasteiger partial charge in [0.1, 0.15) is 6.11 Å². The van der Waals surface area contributed by atoms with Crippen LogP contribution < -0.4 is 0 Å². The van der Waals surface area contributed by atoms with Gasteiger partial charge in [0, 0.05) is 35.2 Å². The maximum absolute atomic E-state index is 10.9. The highest BCUT2D eigenvalue weighted by atomic mass is 16.5. The van der Waals surface area contributed by atoms with Gasteiger partial charge in [-0.2, -0.15) is 0 Å². The Balaban J connectivity index is 4.23. The Labute approximate surface area is 107 Å². The molecule has 0 spiro atoms. The summed E-state index contributed by atoms with van der Waals surface area (Å²) in [5.41, 5.74) is 0.264. The first kappa shape index (κ1) is 14.6. The Morgan fingerprint density at radius 1 is 0.944 bits per heavy atom. The van der Waals surface area contributed by atoms with Crippen molar-refractivity contribution in [2.24, 2.45) is 0 Å². The predicted octanol–water partition coefficient (Wildman–Crippen LogP) is 0.713. The summed E-state index contributed by atoms with van der Waals surface area (Å²) >= 11 is 0. The second-order valence-electron chi connectivity index (χ2n) is 2.54. The van der Waals surface area contributed by atoms with Crippen LogP contribution in [0.3, 0.4) is 0 Å². The van der Waals surface area contributed by atoms with Crippen LogP contribution >= 0.6 is 0 Å². The average Bonchev–Trinajstić information content (AvgIpc) is 2.35. The molecule has 0 aromatic rings. The van der Waals surface area contributed by atoms with Gasteiger partial charge in [-0.05, 0) is 36.5 Å². The summed E-state index contributed by atoms with van der Waals surface area (Å²) in [6, 6.07) is 0. The van der Waals surface area contributed by atoms with E-state index < -0.39 is 5.97 Å². The van der Waals surface area contributed by atoms with Crippen molar-refractivity contribution in [2.45, 2.75) is 6.92 Å². The smallest absolute Gasteiger partial charge is 0.347 e.